The third-order valence-corrected chi connectivity index (χ3v) is 1.91. The van der Waals surface area contributed by atoms with Crippen LogP contribution in [0.1, 0.15) is 32.6 Å². The van der Waals surface area contributed by atoms with Crippen molar-refractivity contribution >= 4 is 5.97 Å². The zero-order valence-corrected chi connectivity index (χ0v) is 8.19. The van der Waals surface area contributed by atoms with Crippen LogP contribution in [0.3, 0.4) is 0 Å². The van der Waals surface area contributed by atoms with Crippen molar-refractivity contribution in [2.24, 2.45) is 0 Å². The summed E-state index contributed by atoms with van der Waals surface area (Å²) in [5.74, 6) is -0.774. The van der Waals surface area contributed by atoms with Gasteiger partial charge in [-0.25, -0.2) is 4.79 Å². The first-order chi connectivity index (χ1) is 6.13. The van der Waals surface area contributed by atoms with Gasteiger partial charge in [0.05, 0.1) is 13.2 Å². The van der Waals surface area contributed by atoms with Crippen LogP contribution in [0.15, 0.2) is 0 Å². The first-order valence-electron chi connectivity index (χ1n) is 4.57. The Bertz CT molecular complexity index is 147. The molecule has 0 bridgehead atoms. The Hall–Kier alpha value is -0.610. The second-order valence-corrected chi connectivity index (χ2v) is 3.03. The molecule has 0 aromatic heterocycles. The first-order valence-corrected chi connectivity index (χ1v) is 4.57. The number of carbonyl (C=O) groups is 1. The predicted octanol–water partition coefficient (Wildman–Crippen LogP) is 0.461. The lowest BCUT2D eigenvalue weighted by atomic mass is 10.1. The van der Waals surface area contributed by atoms with Gasteiger partial charge in [-0.15, -0.1) is 0 Å². The molecular weight excluding hydrogens is 172 g/mol. The summed E-state index contributed by atoms with van der Waals surface area (Å²) in [6.07, 6.45) is 0.878. The smallest absolute Gasteiger partial charge is 0.337 e. The van der Waals surface area contributed by atoms with Crippen LogP contribution in [0.5, 0.6) is 0 Å². The SMILES string of the molecule is CCCCCC(O)C(O)C(=O)OC. The monoisotopic (exact) mass is 190 g/mol. The average molecular weight is 190 g/mol. The third-order valence-electron chi connectivity index (χ3n) is 1.91. The summed E-state index contributed by atoms with van der Waals surface area (Å²) in [6, 6.07) is 0. The predicted molar refractivity (Wildman–Crippen MR) is 48.2 cm³/mol. The van der Waals surface area contributed by atoms with Gasteiger partial charge in [0.2, 0.25) is 0 Å². The van der Waals surface area contributed by atoms with Gasteiger partial charge in [-0.05, 0) is 6.42 Å². The summed E-state index contributed by atoms with van der Waals surface area (Å²) in [6.45, 7) is 2.04. The van der Waals surface area contributed by atoms with Crippen molar-refractivity contribution in [3.63, 3.8) is 0 Å². The quantitative estimate of drug-likeness (QED) is 0.471. The van der Waals surface area contributed by atoms with Gasteiger partial charge in [0.25, 0.3) is 0 Å². The van der Waals surface area contributed by atoms with Crippen molar-refractivity contribution < 1.29 is 19.7 Å². The lowest BCUT2D eigenvalue weighted by Gasteiger charge is -2.14. The van der Waals surface area contributed by atoms with Crippen LogP contribution in [0.2, 0.25) is 0 Å². The molecule has 0 aliphatic heterocycles. The molecule has 4 heteroatoms. The van der Waals surface area contributed by atoms with Crippen LogP contribution in [-0.2, 0) is 9.53 Å². The van der Waals surface area contributed by atoms with Gasteiger partial charge in [0, 0.05) is 0 Å². The molecule has 0 saturated carbocycles. The summed E-state index contributed by atoms with van der Waals surface area (Å²) >= 11 is 0. The number of esters is 1. The van der Waals surface area contributed by atoms with Crippen LogP contribution in [0.4, 0.5) is 0 Å². The second kappa shape index (κ2) is 6.86. The van der Waals surface area contributed by atoms with E-state index in [2.05, 4.69) is 4.74 Å². The fourth-order valence-corrected chi connectivity index (χ4v) is 1.04. The van der Waals surface area contributed by atoms with Gasteiger partial charge in [-0.2, -0.15) is 0 Å². The van der Waals surface area contributed by atoms with Crippen molar-refractivity contribution in [3.8, 4) is 0 Å². The molecule has 0 aromatic carbocycles. The average Bonchev–Trinajstić information content (AvgIpc) is 2.15. The number of rotatable bonds is 6. The maximum atomic E-state index is 10.8. The fraction of sp³-hybridized carbons (Fsp3) is 0.889. The molecule has 0 aliphatic rings. The number of hydrogen-bond donors (Lipinski definition) is 2. The molecule has 0 aliphatic carbocycles. The second-order valence-electron chi connectivity index (χ2n) is 3.03. The highest BCUT2D eigenvalue weighted by Crippen LogP contribution is 2.07. The number of unbranched alkanes of at least 4 members (excludes halogenated alkanes) is 2. The van der Waals surface area contributed by atoms with E-state index in [9.17, 15) is 9.90 Å². The summed E-state index contributed by atoms with van der Waals surface area (Å²) in [5.41, 5.74) is 0. The molecule has 0 fully saturated rings. The first kappa shape index (κ1) is 12.4. The maximum absolute atomic E-state index is 10.8. The van der Waals surface area contributed by atoms with Gasteiger partial charge in [0.15, 0.2) is 6.10 Å². The Balaban J connectivity index is 3.68. The van der Waals surface area contributed by atoms with Gasteiger partial charge in [0.1, 0.15) is 0 Å². The van der Waals surface area contributed by atoms with E-state index in [1.807, 2.05) is 6.92 Å². The molecule has 0 heterocycles. The Morgan fingerprint density at radius 1 is 1.38 bits per heavy atom. The van der Waals surface area contributed by atoms with E-state index >= 15 is 0 Å². The van der Waals surface area contributed by atoms with Gasteiger partial charge in [-0.1, -0.05) is 26.2 Å². The molecule has 0 spiro atoms. The van der Waals surface area contributed by atoms with E-state index in [-0.39, 0.29) is 0 Å². The van der Waals surface area contributed by atoms with Gasteiger partial charge >= 0.3 is 5.97 Å². The van der Waals surface area contributed by atoms with Gasteiger partial charge < -0.3 is 14.9 Å². The topological polar surface area (TPSA) is 66.8 Å². The van der Waals surface area contributed by atoms with Crippen molar-refractivity contribution in [1.82, 2.24) is 0 Å². The number of methoxy groups -OCH3 is 1. The largest absolute Gasteiger partial charge is 0.467 e. The zero-order chi connectivity index (χ0) is 10.3. The Morgan fingerprint density at radius 2 is 2.00 bits per heavy atom. The minimum atomic E-state index is -1.40. The van der Waals surface area contributed by atoms with Crippen LogP contribution in [-0.4, -0.2) is 35.5 Å². The van der Waals surface area contributed by atoms with Crippen LogP contribution >= 0.6 is 0 Å². The third kappa shape index (κ3) is 4.85. The highest BCUT2D eigenvalue weighted by atomic mass is 16.5. The van der Waals surface area contributed by atoms with Crippen molar-refractivity contribution in [1.29, 1.82) is 0 Å². The summed E-state index contributed by atoms with van der Waals surface area (Å²) < 4.78 is 4.29. The molecule has 4 nitrogen and oxygen atoms in total. The number of ether oxygens (including phenoxy) is 1. The molecule has 2 atom stereocenters. The minimum Gasteiger partial charge on any atom is -0.467 e. The van der Waals surface area contributed by atoms with Crippen molar-refractivity contribution in [3.05, 3.63) is 0 Å². The lowest BCUT2D eigenvalue weighted by molar-refractivity contribution is -0.156. The Labute approximate surface area is 78.5 Å². The highest BCUT2D eigenvalue weighted by Gasteiger charge is 2.23. The molecule has 0 amide bonds. The van der Waals surface area contributed by atoms with E-state index in [1.165, 1.54) is 7.11 Å². The summed E-state index contributed by atoms with van der Waals surface area (Å²) in [7, 11) is 1.18. The number of hydrogen-bond acceptors (Lipinski definition) is 4. The number of carbonyl (C=O) groups excluding carboxylic acids is 1. The van der Waals surface area contributed by atoms with Crippen molar-refractivity contribution in [2.45, 2.75) is 44.8 Å². The highest BCUT2D eigenvalue weighted by molar-refractivity contribution is 5.74. The summed E-state index contributed by atoms with van der Waals surface area (Å²) in [4.78, 5) is 10.8. The standard InChI is InChI=1S/C9H18O4/c1-3-4-5-6-7(10)8(11)9(12)13-2/h7-8,10-11H,3-6H2,1-2H3. The number of aliphatic hydroxyl groups excluding tert-OH is 2. The van der Waals surface area contributed by atoms with E-state index in [4.69, 9.17) is 5.11 Å². The fourth-order valence-electron chi connectivity index (χ4n) is 1.04. The van der Waals surface area contributed by atoms with E-state index in [0.29, 0.717) is 6.42 Å². The molecule has 0 saturated heterocycles. The molecule has 78 valence electrons. The normalized spacial score (nSPS) is 15.1. The Morgan fingerprint density at radius 3 is 2.46 bits per heavy atom. The van der Waals surface area contributed by atoms with Crippen LogP contribution < -0.4 is 0 Å². The minimum absolute atomic E-state index is 0.435. The van der Waals surface area contributed by atoms with Gasteiger partial charge in [-0.3, -0.25) is 0 Å². The molecule has 2 N–H and O–H groups in total. The molecule has 0 rings (SSSR count). The molecule has 0 radical (unpaired) electrons. The van der Waals surface area contributed by atoms with Crippen LogP contribution in [0, 0.1) is 0 Å². The molecule has 13 heavy (non-hydrogen) atoms. The number of aliphatic hydroxyl groups is 2. The molecule has 2 unspecified atom stereocenters. The van der Waals surface area contributed by atoms with E-state index < -0.39 is 18.2 Å². The Kier molecular flexibility index (Phi) is 6.54. The maximum Gasteiger partial charge on any atom is 0.337 e. The zero-order valence-electron chi connectivity index (χ0n) is 8.19. The van der Waals surface area contributed by atoms with Crippen LogP contribution in [0.25, 0.3) is 0 Å². The van der Waals surface area contributed by atoms with Crippen molar-refractivity contribution in [2.75, 3.05) is 7.11 Å². The van der Waals surface area contributed by atoms with E-state index in [1.54, 1.807) is 0 Å². The molecular formula is C9H18O4. The lowest BCUT2D eigenvalue weighted by Crippen LogP contribution is -2.34. The summed E-state index contributed by atoms with van der Waals surface area (Å²) in [5, 5.41) is 18.5. The van der Waals surface area contributed by atoms with E-state index in [0.717, 1.165) is 19.3 Å². The molecule has 0 aromatic rings.